The highest BCUT2D eigenvalue weighted by Gasteiger charge is 2.32. The second-order valence-electron chi connectivity index (χ2n) is 6.08. The number of pyridine rings is 1. The molecule has 7 nitrogen and oxygen atoms in total. The Morgan fingerprint density at radius 1 is 1.52 bits per heavy atom. The molecule has 1 amide bonds. The van der Waals surface area contributed by atoms with Gasteiger partial charge in [0.2, 0.25) is 5.91 Å². The average molecular weight is 356 g/mol. The highest BCUT2D eigenvalue weighted by molar-refractivity contribution is 8.00. The Morgan fingerprint density at radius 2 is 2.32 bits per heavy atom. The predicted molar refractivity (Wildman–Crippen MR) is 94.7 cm³/mol. The van der Waals surface area contributed by atoms with Crippen molar-refractivity contribution in [3.63, 3.8) is 0 Å². The summed E-state index contributed by atoms with van der Waals surface area (Å²) in [5, 5.41) is 17.8. The van der Waals surface area contributed by atoms with Crippen LogP contribution in [0.15, 0.2) is 29.7 Å². The van der Waals surface area contributed by atoms with E-state index in [2.05, 4.69) is 25.8 Å². The lowest BCUT2D eigenvalue weighted by Gasteiger charge is -2.20. The minimum atomic E-state index is -0.285. The van der Waals surface area contributed by atoms with Crippen molar-refractivity contribution in [2.24, 2.45) is 0 Å². The van der Waals surface area contributed by atoms with Gasteiger partial charge in [-0.3, -0.25) is 14.3 Å². The first-order valence-electron chi connectivity index (χ1n) is 8.25. The molecule has 130 valence electrons. The Morgan fingerprint density at radius 3 is 2.96 bits per heavy atom. The molecule has 0 aliphatic heterocycles. The summed E-state index contributed by atoms with van der Waals surface area (Å²) >= 11 is 1.42. The second-order valence-corrected chi connectivity index (χ2v) is 7.39. The van der Waals surface area contributed by atoms with Gasteiger partial charge in [-0.1, -0.05) is 11.8 Å². The van der Waals surface area contributed by atoms with E-state index in [1.807, 2.05) is 19.1 Å². The molecule has 25 heavy (non-hydrogen) atoms. The Labute approximate surface area is 151 Å². The van der Waals surface area contributed by atoms with Crippen molar-refractivity contribution in [2.75, 3.05) is 13.6 Å². The molecule has 0 unspecified atom stereocenters. The van der Waals surface area contributed by atoms with Crippen LogP contribution in [0.1, 0.15) is 32.2 Å². The zero-order valence-electron chi connectivity index (χ0n) is 14.3. The summed E-state index contributed by atoms with van der Waals surface area (Å²) in [6, 6.07) is 6.30. The van der Waals surface area contributed by atoms with E-state index >= 15 is 0 Å². The average Bonchev–Trinajstić information content (AvgIpc) is 3.40. The number of hydrogen-bond acceptors (Lipinski definition) is 6. The first-order chi connectivity index (χ1) is 12.1. The zero-order valence-corrected chi connectivity index (χ0v) is 15.1. The molecule has 0 bridgehead atoms. The van der Waals surface area contributed by atoms with E-state index in [1.165, 1.54) is 11.8 Å². The number of carbonyl (C=O) groups is 1. The minimum absolute atomic E-state index is 0.00600. The molecule has 1 atom stereocenters. The summed E-state index contributed by atoms with van der Waals surface area (Å²) < 4.78 is 2.13. The third kappa shape index (κ3) is 3.99. The van der Waals surface area contributed by atoms with Crippen LogP contribution in [0.3, 0.4) is 0 Å². The largest absolute Gasteiger partial charge is 0.344 e. The fourth-order valence-electron chi connectivity index (χ4n) is 2.56. The quantitative estimate of drug-likeness (QED) is 0.709. The molecule has 0 aromatic carbocycles. The molecule has 0 N–H and O–H groups in total. The van der Waals surface area contributed by atoms with Gasteiger partial charge in [-0.25, -0.2) is 0 Å². The van der Waals surface area contributed by atoms with Crippen molar-refractivity contribution in [2.45, 2.75) is 42.6 Å². The molecule has 1 fully saturated rings. The fraction of sp³-hybridized carbons (Fsp3) is 0.471. The third-order valence-electron chi connectivity index (χ3n) is 4.06. The maximum atomic E-state index is 12.5. The molecule has 2 aromatic rings. The third-order valence-corrected chi connectivity index (χ3v) is 5.11. The first kappa shape index (κ1) is 17.4. The topological polar surface area (TPSA) is 87.7 Å². The minimum Gasteiger partial charge on any atom is -0.344 e. The van der Waals surface area contributed by atoms with Gasteiger partial charge >= 0.3 is 0 Å². The van der Waals surface area contributed by atoms with Gasteiger partial charge in [-0.15, -0.1) is 10.2 Å². The van der Waals surface area contributed by atoms with E-state index in [1.54, 1.807) is 24.3 Å². The summed E-state index contributed by atoms with van der Waals surface area (Å²) in [5.41, 5.74) is 0.930. The van der Waals surface area contributed by atoms with Gasteiger partial charge in [0.1, 0.15) is 0 Å². The van der Waals surface area contributed by atoms with Gasteiger partial charge < -0.3 is 4.90 Å². The molecular formula is C17H20N6OS. The first-order valence-corrected chi connectivity index (χ1v) is 9.13. The lowest BCUT2D eigenvalue weighted by molar-refractivity contribution is -0.128. The molecule has 2 heterocycles. The van der Waals surface area contributed by atoms with Crippen LogP contribution in [-0.2, 0) is 4.79 Å². The van der Waals surface area contributed by atoms with Gasteiger partial charge in [0.25, 0.3) is 0 Å². The van der Waals surface area contributed by atoms with Crippen molar-refractivity contribution < 1.29 is 4.79 Å². The lowest BCUT2D eigenvalue weighted by atomic mass is 10.3. The van der Waals surface area contributed by atoms with Gasteiger partial charge in [0.05, 0.1) is 17.7 Å². The fourth-order valence-corrected chi connectivity index (χ4v) is 3.59. The summed E-state index contributed by atoms with van der Waals surface area (Å²) in [6.07, 6.45) is 6.05. The predicted octanol–water partition coefficient (Wildman–Crippen LogP) is 2.53. The maximum absolute atomic E-state index is 12.5. The van der Waals surface area contributed by atoms with Gasteiger partial charge in [-0.2, -0.15) is 5.26 Å². The van der Waals surface area contributed by atoms with Gasteiger partial charge in [-0.05, 0) is 31.9 Å². The number of carbonyl (C=O) groups excluding carboxylic acids is 1. The van der Waals surface area contributed by atoms with Crippen LogP contribution in [-0.4, -0.2) is 49.4 Å². The normalized spacial score (nSPS) is 14.8. The van der Waals surface area contributed by atoms with Crippen LogP contribution in [0.2, 0.25) is 0 Å². The summed E-state index contributed by atoms with van der Waals surface area (Å²) in [7, 11) is 1.73. The van der Waals surface area contributed by atoms with Crippen LogP contribution in [0.25, 0.3) is 11.4 Å². The molecule has 1 aliphatic carbocycles. The van der Waals surface area contributed by atoms with E-state index in [0.717, 1.165) is 29.4 Å². The highest BCUT2D eigenvalue weighted by Crippen LogP contribution is 2.41. The Balaban J connectivity index is 1.78. The Kier molecular flexibility index (Phi) is 5.34. The number of aromatic nitrogens is 4. The maximum Gasteiger partial charge on any atom is 0.235 e. The number of amides is 1. The zero-order chi connectivity index (χ0) is 17.8. The second kappa shape index (κ2) is 7.66. The lowest BCUT2D eigenvalue weighted by Crippen LogP contribution is -2.34. The van der Waals surface area contributed by atoms with Crippen molar-refractivity contribution in [1.29, 1.82) is 5.26 Å². The summed E-state index contributed by atoms with van der Waals surface area (Å²) in [6.45, 7) is 2.31. The molecule has 0 radical (unpaired) electrons. The molecule has 1 saturated carbocycles. The smallest absolute Gasteiger partial charge is 0.235 e. The standard InChI is InChI=1S/C17H20N6OS/c1-12(16(24)22(2)10-4-8-18)25-17-21-20-15(23(17)14-6-7-14)13-5-3-9-19-11-13/h3,5,9,11-12,14H,4,6-7,10H2,1-2H3/t12-/m0/s1. The number of nitriles is 1. The van der Waals surface area contributed by atoms with Crippen LogP contribution in [0.4, 0.5) is 0 Å². The molecule has 0 spiro atoms. The number of hydrogen-bond donors (Lipinski definition) is 0. The van der Waals surface area contributed by atoms with Crippen LogP contribution in [0, 0.1) is 11.3 Å². The molecule has 2 aromatic heterocycles. The van der Waals surface area contributed by atoms with Gasteiger partial charge in [0.15, 0.2) is 11.0 Å². The van der Waals surface area contributed by atoms with Crippen LogP contribution < -0.4 is 0 Å². The van der Waals surface area contributed by atoms with Crippen molar-refractivity contribution >= 4 is 17.7 Å². The van der Waals surface area contributed by atoms with Crippen molar-refractivity contribution in [3.8, 4) is 17.5 Å². The number of thioether (sulfide) groups is 1. The monoisotopic (exact) mass is 356 g/mol. The van der Waals surface area contributed by atoms with E-state index in [9.17, 15) is 4.79 Å². The Hall–Kier alpha value is -2.40. The highest BCUT2D eigenvalue weighted by atomic mass is 32.2. The van der Waals surface area contributed by atoms with Crippen LogP contribution >= 0.6 is 11.8 Å². The van der Waals surface area contributed by atoms with E-state index in [-0.39, 0.29) is 11.2 Å². The molecule has 0 saturated heterocycles. The van der Waals surface area contributed by atoms with Gasteiger partial charge in [0, 0.05) is 37.6 Å². The van der Waals surface area contributed by atoms with E-state index in [0.29, 0.717) is 19.0 Å². The summed E-state index contributed by atoms with van der Waals surface area (Å²) in [4.78, 5) is 18.2. The van der Waals surface area contributed by atoms with Crippen molar-refractivity contribution in [3.05, 3.63) is 24.5 Å². The SMILES string of the molecule is C[C@H](Sc1nnc(-c2cccnc2)n1C1CC1)C(=O)N(C)CCC#N. The summed E-state index contributed by atoms with van der Waals surface area (Å²) in [5.74, 6) is 0.795. The number of nitrogens with zero attached hydrogens (tertiary/aromatic N) is 6. The molecule has 8 heteroatoms. The number of rotatable bonds is 7. The van der Waals surface area contributed by atoms with Crippen LogP contribution in [0.5, 0.6) is 0 Å². The molecule has 1 aliphatic rings. The molecule has 3 rings (SSSR count). The Bertz CT molecular complexity index is 780. The molecular weight excluding hydrogens is 336 g/mol. The van der Waals surface area contributed by atoms with E-state index in [4.69, 9.17) is 5.26 Å². The van der Waals surface area contributed by atoms with Crippen molar-refractivity contribution in [1.82, 2.24) is 24.6 Å². The van der Waals surface area contributed by atoms with E-state index < -0.39 is 0 Å².